The molecule has 8 heteroatoms. The van der Waals surface area contributed by atoms with E-state index in [4.69, 9.17) is 0 Å². The lowest BCUT2D eigenvalue weighted by Crippen LogP contribution is -2.22. The Morgan fingerprint density at radius 1 is 1.36 bits per heavy atom. The Bertz CT molecular complexity index is 711. The summed E-state index contributed by atoms with van der Waals surface area (Å²) in [7, 11) is 0. The fourth-order valence-electron chi connectivity index (χ4n) is 2.61. The molecule has 1 saturated carbocycles. The van der Waals surface area contributed by atoms with Gasteiger partial charge in [-0.25, -0.2) is 4.68 Å². The van der Waals surface area contributed by atoms with E-state index in [0.29, 0.717) is 17.0 Å². The summed E-state index contributed by atoms with van der Waals surface area (Å²) in [6.07, 6.45) is 2.23. The predicted molar refractivity (Wildman–Crippen MR) is 98.5 cm³/mol. The second-order valence-corrected chi connectivity index (χ2v) is 7.08. The fourth-order valence-corrected chi connectivity index (χ4v) is 3.35. The second-order valence-electron chi connectivity index (χ2n) is 6.14. The lowest BCUT2D eigenvalue weighted by molar-refractivity contribution is -0.113. The third-order valence-corrected chi connectivity index (χ3v) is 5.13. The minimum absolute atomic E-state index is 0.0460. The Kier molecular flexibility index (Phi) is 6.04. The van der Waals surface area contributed by atoms with Crippen LogP contribution in [0.15, 0.2) is 29.4 Å². The summed E-state index contributed by atoms with van der Waals surface area (Å²) in [5.74, 6) is 0.253. The van der Waals surface area contributed by atoms with E-state index < -0.39 is 0 Å². The molecule has 2 aromatic rings. The summed E-state index contributed by atoms with van der Waals surface area (Å²) >= 11 is 1.38. The van der Waals surface area contributed by atoms with Crippen molar-refractivity contribution in [1.29, 1.82) is 0 Å². The van der Waals surface area contributed by atoms with Gasteiger partial charge in [-0.3, -0.25) is 9.69 Å². The number of rotatable bonds is 9. The van der Waals surface area contributed by atoms with Gasteiger partial charge in [-0.15, -0.1) is 5.10 Å². The molecule has 1 aliphatic carbocycles. The summed E-state index contributed by atoms with van der Waals surface area (Å²) in [4.78, 5) is 14.6. The third-order valence-electron chi connectivity index (χ3n) is 4.20. The quantitative estimate of drug-likeness (QED) is 0.693. The van der Waals surface area contributed by atoms with Crippen molar-refractivity contribution in [2.24, 2.45) is 0 Å². The van der Waals surface area contributed by atoms with Crippen molar-refractivity contribution in [2.45, 2.75) is 44.4 Å². The Labute approximate surface area is 152 Å². The van der Waals surface area contributed by atoms with Crippen LogP contribution < -0.4 is 5.32 Å². The zero-order valence-corrected chi connectivity index (χ0v) is 15.5. The normalized spacial score (nSPS) is 14.0. The van der Waals surface area contributed by atoms with E-state index in [9.17, 15) is 4.79 Å². The zero-order valence-electron chi connectivity index (χ0n) is 14.7. The molecule has 1 amide bonds. The fraction of sp³-hybridized carbons (Fsp3) is 0.529. The number of carbonyl (C=O) groups is 1. The van der Waals surface area contributed by atoms with E-state index in [1.165, 1.54) is 17.3 Å². The van der Waals surface area contributed by atoms with Gasteiger partial charge < -0.3 is 5.32 Å². The van der Waals surface area contributed by atoms with Crippen LogP contribution in [-0.2, 0) is 11.3 Å². The van der Waals surface area contributed by atoms with Crippen molar-refractivity contribution >= 4 is 23.4 Å². The number of nitrogens with one attached hydrogen (secondary N) is 1. The van der Waals surface area contributed by atoms with Gasteiger partial charge in [-0.1, -0.05) is 37.7 Å². The number of nitrogens with zero attached hydrogens (tertiary/aromatic N) is 5. The van der Waals surface area contributed by atoms with Crippen molar-refractivity contribution in [2.75, 3.05) is 24.2 Å². The number of hydrogen-bond acceptors (Lipinski definition) is 6. The van der Waals surface area contributed by atoms with Gasteiger partial charge in [-0.05, 0) is 54.1 Å². The molecule has 7 nitrogen and oxygen atoms in total. The molecule has 0 bridgehead atoms. The predicted octanol–water partition coefficient (Wildman–Crippen LogP) is 2.58. The number of tetrazole rings is 1. The molecule has 0 unspecified atom stereocenters. The van der Waals surface area contributed by atoms with Crippen LogP contribution in [0, 0.1) is 0 Å². The van der Waals surface area contributed by atoms with E-state index in [1.54, 1.807) is 0 Å². The minimum atomic E-state index is -0.0460. The molecular weight excluding hydrogens is 336 g/mol. The molecule has 1 N–H and O–H groups in total. The van der Waals surface area contributed by atoms with Crippen molar-refractivity contribution in [3.63, 3.8) is 0 Å². The smallest absolute Gasteiger partial charge is 0.234 e. The number of aromatic nitrogens is 4. The lowest BCUT2D eigenvalue weighted by atomic mass is 10.2. The molecule has 25 heavy (non-hydrogen) atoms. The minimum Gasteiger partial charge on any atom is -0.325 e. The largest absolute Gasteiger partial charge is 0.325 e. The molecule has 1 heterocycles. The molecule has 3 rings (SSSR count). The molecule has 0 aliphatic heterocycles. The highest BCUT2D eigenvalue weighted by Crippen LogP contribution is 2.36. The molecule has 1 fully saturated rings. The summed E-state index contributed by atoms with van der Waals surface area (Å²) in [5, 5.41) is 15.4. The Morgan fingerprint density at radius 3 is 2.88 bits per heavy atom. The summed E-state index contributed by atoms with van der Waals surface area (Å²) in [5.41, 5.74) is 2.03. The van der Waals surface area contributed by atoms with Gasteiger partial charge in [0.2, 0.25) is 11.1 Å². The highest BCUT2D eigenvalue weighted by molar-refractivity contribution is 7.99. The number of thioether (sulfide) groups is 1. The van der Waals surface area contributed by atoms with Gasteiger partial charge >= 0.3 is 0 Å². The highest BCUT2D eigenvalue weighted by Gasteiger charge is 2.28. The second kappa shape index (κ2) is 8.44. The monoisotopic (exact) mass is 360 g/mol. The number of benzene rings is 1. The lowest BCUT2D eigenvalue weighted by Gasteiger charge is -2.18. The van der Waals surface area contributed by atoms with Gasteiger partial charge in [0.15, 0.2) is 0 Å². The average Bonchev–Trinajstić information content (AvgIpc) is 3.36. The first-order valence-corrected chi connectivity index (χ1v) is 9.70. The molecule has 1 aromatic heterocycles. The van der Waals surface area contributed by atoms with Gasteiger partial charge in [0.05, 0.1) is 11.8 Å². The van der Waals surface area contributed by atoms with Crippen LogP contribution in [0.25, 0.3) is 0 Å². The van der Waals surface area contributed by atoms with Gasteiger partial charge in [0.1, 0.15) is 0 Å². The standard InChI is InChI=1S/C17H24N6OS/c1-3-22(4-2)11-13-6-5-7-14(10-13)18-16(24)12-25-17-19-20-21-23(17)15-8-9-15/h5-7,10,15H,3-4,8-9,11-12H2,1-2H3,(H,18,24). The zero-order chi connectivity index (χ0) is 17.6. The molecular formula is C17H24N6OS. The van der Waals surface area contributed by atoms with Crippen LogP contribution in [0.4, 0.5) is 5.69 Å². The SMILES string of the molecule is CCN(CC)Cc1cccc(NC(=O)CSc2nnnn2C2CC2)c1. The first-order valence-electron chi connectivity index (χ1n) is 8.71. The van der Waals surface area contributed by atoms with Crippen LogP contribution in [0.3, 0.4) is 0 Å². The first kappa shape index (κ1) is 17.9. The number of carbonyl (C=O) groups excluding carboxylic acids is 1. The molecule has 134 valence electrons. The first-order chi connectivity index (χ1) is 12.2. The number of hydrogen-bond donors (Lipinski definition) is 1. The van der Waals surface area contributed by atoms with Crippen molar-refractivity contribution < 1.29 is 4.79 Å². The van der Waals surface area contributed by atoms with Crippen molar-refractivity contribution in [3.05, 3.63) is 29.8 Å². The molecule has 0 saturated heterocycles. The number of anilines is 1. The molecule has 1 aliphatic rings. The Balaban J connectivity index is 1.53. The van der Waals surface area contributed by atoms with Crippen LogP contribution >= 0.6 is 11.8 Å². The van der Waals surface area contributed by atoms with Crippen LogP contribution in [0.2, 0.25) is 0 Å². The van der Waals surface area contributed by atoms with Crippen LogP contribution in [-0.4, -0.2) is 49.9 Å². The summed E-state index contributed by atoms with van der Waals surface area (Å²) < 4.78 is 1.82. The maximum absolute atomic E-state index is 12.2. The third kappa shape index (κ3) is 5.02. The Hall–Kier alpha value is -1.93. The maximum Gasteiger partial charge on any atom is 0.234 e. The van der Waals surface area contributed by atoms with Gasteiger partial charge in [-0.2, -0.15) is 0 Å². The van der Waals surface area contributed by atoms with E-state index in [1.807, 2.05) is 22.9 Å². The van der Waals surface area contributed by atoms with Crippen LogP contribution in [0.1, 0.15) is 38.3 Å². The van der Waals surface area contributed by atoms with Crippen LogP contribution in [0.5, 0.6) is 0 Å². The van der Waals surface area contributed by atoms with E-state index in [2.05, 4.69) is 45.7 Å². The van der Waals surface area contributed by atoms with Crippen molar-refractivity contribution in [3.8, 4) is 0 Å². The van der Waals surface area contributed by atoms with E-state index >= 15 is 0 Å². The summed E-state index contributed by atoms with van der Waals surface area (Å²) in [6, 6.07) is 8.44. The molecule has 1 aromatic carbocycles. The van der Waals surface area contributed by atoms with Gasteiger partial charge in [0, 0.05) is 12.2 Å². The Morgan fingerprint density at radius 2 is 2.16 bits per heavy atom. The van der Waals surface area contributed by atoms with Crippen molar-refractivity contribution in [1.82, 2.24) is 25.1 Å². The topological polar surface area (TPSA) is 75.9 Å². The average molecular weight is 360 g/mol. The molecule has 0 atom stereocenters. The number of amides is 1. The summed E-state index contributed by atoms with van der Waals surface area (Å²) in [6.45, 7) is 7.23. The highest BCUT2D eigenvalue weighted by atomic mass is 32.2. The van der Waals surface area contributed by atoms with E-state index in [-0.39, 0.29) is 5.91 Å². The maximum atomic E-state index is 12.2. The molecule has 0 spiro atoms. The van der Waals surface area contributed by atoms with Gasteiger partial charge in [0.25, 0.3) is 0 Å². The van der Waals surface area contributed by atoms with E-state index in [0.717, 1.165) is 38.2 Å². The molecule has 0 radical (unpaired) electrons.